The maximum absolute atomic E-state index is 8.97. The third kappa shape index (κ3) is 4.13. The second-order valence-corrected chi connectivity index (χ2v) is 5.26. The minimum atomic E-state index is 0.0959. The van der Waals surface area contributed by atoms with Gasteiger partial charge in [-0.05, 0) is 28.8 Å². The van der Waals surface area contributed by atoms with Crippen molar-refractivity contribution in [3.63, 3.8) is 0 Å². The zero-order valence-electron chi connectivity index (χ0n) is 10.5. The summed E-state index contributed by atoms with van der Waals surface area (Å²) in [5.74, 6) is 1.89. The summed E-state index contributed by atoms with van der Waals surface area (Å²) < 4.78 is 0. The van der Waals surface area contributed by atoms with Crippen LogP contribution < -0.4 is 0 Å². The Hall–Kier alpha value is -1.76. The Labute approximate surface area is 117 Å². The number of hydrogen-bond acceptors (Lipinski definition) is 3. The molecule has 0 bridgehead atoms. The van der Waals surface area contributed by atoms with Crippen LogP contribution >= 0.6 is 11.8 Å². The van der Waals surface area contributed by atoms with Crippen molar-refractivity contribution in [3.8, 4) is 6.07 Å². The zero-order valence-corrected chi connectivity index (χ0v) is 11.4. The van der Waals surface area contributed by atoms with Gasteiger partial charge in [-0.3, -0.25) is 0 Å². The van der Waals surface area contributed by atoms with Crippen LogP contribution in [0.25, 0.3) is 0 Å². The Morgan fingerprint density at radius 3 is 1.79 bits per heavy atom. The van der Waals surface area contributed by atoms with Gasteiger partial charge in [0, 0.05) is 11.5 Å². The number of benzene rings is 2. The van der Waals surface area contributed by atoms with Gasteiger partial charge in [-0.1, -0.05) is 36.4 Å². The Morgan fingerprint density at radius 1 is 0.842 bits per heavy atom. The Bertz CT molecular complexity index is 555. The van der Waals surface area contributed by atoms with Crippen LogP contribution in [0.3, 0.4) is 0 Å². The van der Waals surface area contributed by atoms with E-state index in [1.807, 2.05) is 48.2 Å². The second kappa shape index (κ2) is 6.98. The highest BCUT2D eigenvalue weighted by Gasteiger charge is 1.97. The minimum Gasteiger partial charge on any atom is -0.392 e. The number of nitriles is 1. The van der Waals surface area contributed by atoms with Crippen molar-refractivity contribution in [1.82, 2.24) is 0 Å². The van der Waals surface area contributed by atoms with Crippen LogP contribution in [0.15, 0.2) is 48.5 Å². The van der Waals surface area contributed by atoms with Gasteiger partial charge < -0.3 is 5.11 Å². The van der Waals surface area contributed by atoms with E-state index in [0.29, 0.717) is 5.56 Å². The molecule has 0 saturated carbocycles. The molecule has 3 heteroatoms. The fourth-order valence-corrected chi connectivity index (χ4v) is 2.66. The summed E-state index contributed by atoms with van der Waals surface area (Å²) >= 11 is 1.84. The van der Waals surface area contributed by atoms with Gasteiger partial charge in [-0.25, -0.2) is 0 Å². The number of aliphatic hydroxyl groups is 1. The quantitative estimate of drug-likeness (QED) is 0.903. The summed E-state index contributed by atoms with van der Waals surface area (Å²) in [5, 5.41) is 17.7. The third-order valence-electron chi connectivity index (χ3n) is 2.83. The molecule has 0 unspecified atom stereocenters. The highest BCUT2D eigenvalue weighted by Crippen LogP contribution is 2.18. The van der Waals surface area contributed by atoms with E-state index in [-0.39, 0.29) is 6.61 Å². The summed E-state index contributed by atoms with van der Waals surface area (Å²) in [6.45, 7) is 0.0959. The number of hydrogen-bond donors (Lipinski definition) is 1. The van der Waals surface area contributed by atoms with Crippen molar-refractivity contribution in [1.29, 1.82) is 5.26 Å². The first-order valence-electron chi connectivity index (χ1n) is 6.07. The van der Waals surface area contributed by atoms with E-state index in [0.717, 1.165) is 17.1 Å². The molecule has 0 radical (unpaired) electrons. The molecule has 0 aromatic heterocycles. The topological polar surface area (TPSA) is 44.0 Å². The Kier molecular flexibility index (Phi) is 5.02. The zero-order chi connectivity index (χ0) is 13.5. The van der Waals surface area contributed by atoms with E-state index < -0.39 is 0 Å². The van der Waals surface area contributed by atoms with Crippen LogP contribution in [0.4, 0.5) is 0 Å². The predicted octanol–water partition coefficient (Wildman–Crippen LogP) is 3.48. The van der Waals surface area contributed by atoms with Crippen molar-refractivity contribution in [2.75, 3.05) is 0 Å². The molecule has 0 heterocycles. The van der Waals surface area contributed by atoms with Gasteiger partial charge in [0.2, 0.25) is 0 Å². The first-order valence-corrected chi connectivity index (χ1v) is 7.23. The average molecular weight is 269 g/mol. The molecule has 0 spiro atoms. The van der Waals surface area contributed by atoms with E-state index in [2.05, 4.69) is 18.2 Å². The lowest BCUT2D eigenvalue weighted by atomic mass is 10.2. The van der Waals surface area contributed by atoms with Crippen LogP contribution in [-0.2, 0) is 18.1 Å². The van der Waals surface area contributed by atoms with Crippen LogP contribution in [-0.4, -0.2) is 5.11 Å². The molecule has 0 aliphatic rings. The highest BCUT2D eigenvalue weighted by molar-refractivity contribution is 7.97. The summed E-state index contributed by atoms with van der Waals surface area (Å²) in [7, 11) is 0. The number of nitrogens with zero attached hydrogens (tertiary/aromatic N) is 1. The smallest absolute Gasteiger partial charge is 0.0991 e. The predicted molar refractivity (Wildman–Crippen MR) is 78.5 cm³/mol. The van der Waals surface area contributed by atoms with Crippen LogP contribution in [0.1, 0.15) is 22.3 Å². The molecule has 2 aromatic rings. The molecular formula is C16H15NOS. The van der Waals surface area contributed by atoms with E-state index in [1.54, 1.807) is 0 Å². The molecule has 0 fully saturated rings. The maximum atomic E-state index is 8.97. The largest absolute Gasteiger partial charge is 0.392 e. The summed E-state index contributed by atoms with van der Waals surface area (Å²) in [4.78, 5) is 0. The number of thioether (sulfide) groups is 1. The molecule has 0 aliphatic carbocycles. The highest BCUT2D eigenvalue weighted by atomic mass is 32.2. The van der Waals surface area contributed by atoms with E-state index in [4.69, 9.17) is 10.4 Å². The van der Waals surface area contributed by atoms with Crippen LogP contribution in [0.5, 0.6) is 0 Å². The molecular weight excluding hydrogens is 254 g/mol. The normalized spacial score (nSPS) is 10.1. The lowest BCUT2D eigenvalue weighted by Gasteiger charge is -2.03. The number of aliphatic hydroxyl groups excluding tert-OH is 1. The molecule has 0 aliphatic heterocycles. The van der Waals surface area contributed by atoms with Gasteiger partial charge >= 0.3 is 0 Å². The summed E-state index contributed by atoms with van der Waals surface area (Å²) in [6.07, 6.45) is 0. The molecule has 1 N–H and O–H groups in total. The average Bonchev–Trinajstić information content (AvgIpc) is 2.49. The monoisotopic (exact) mass is 269 g/mol. The summed E-state index contributed by atoms with van der Waals surface area (Å²) in [5.41, 5.74) is 4.14. The van der Waals surface area contributed by atoms with Crippen LogP contribution in [0, 0.1) is 11.3 Å². The van der Waals surface area contributed by atoms with Gasteiger partial charge in [0.25, 0.3) is 0 Å². The molecule has 2 rings (SSSR count). The minimum absolute atomic E-state index is 0.0959. The van der Waals surface area contributed by atoms with Crippen molar-refractivity contribution >= 4 is 11.8 Å². The van der Waals surface area contributed by atoms with Gasteiger partial charge in [0.05, 0.1) is 18.2 Å². The maximum Gasteiger partial charge on any atom is 0.0991 e. The first kappa shape index (κ1) is 13.7. The molecule has 0 amide bonds. The number of rotatable bonds is 5. The fraction of sp³-hybridized carbons (Fsp3) is 0.188. The Morgan fingerprint density at radius 2 is 1.32 bits per heavy atom. The van der Waals surface area contributed by atoms with Gasteiger partial charge in [0.1, 0.15) is 0 Å². The summed E-state index contributed by atoms with van der Waals surface area (Å²) in [6, 6.07) is 17.8. The van der Waals surface area contributed by atoms with Crippen LogP contribution in [0.2, 0.25) is 0 Å². The lowest BCUT2D eigenvalue weighted by Crippen LogP contribution is -1.86. The molecule has 2 nitrogen and oxygen atoms in total. The van der Waals surface area contributed by atoms with Gasteiger partial charge in [-0.2, -0.15) is 17.0 Å². The fourth-order valence-electron chi connectivity index (χ4n) is 1.70. The van der Waals surface area contributed by atoms with E-state index in [1.165, 1.54) is 11.1 Å². The van der Waals surface area contributed by atoms with Crippen molar-refractivity contribution in [3.05, 3.63) is 70.8 Å². The van der Waals surface area contributed by atoms with Gasteiger partial charge in [-0.15, -0.1) is 0 Å². The molecule has 2 aromatic carbocycles. The van der Waals surface area contributed by atoms with Gasteiger partial charge in [0.15, 0.2) is 0 Å². The van der Waals surface area contributed by atoms with Crippen molar-refractivity contribution in [2.45, 2.75) is 18.1 Å². The second-order valence-electron chi connectivity index (χ2n) is 4.28. The Balaban J connectivity index is 1.83. The lowest BCUT2D eigenvalue weighted by molar-refractivity contribution is 0.282. The third-order valence-corrected chi connectivity index (χ3v) is 3.90. The first-order chi connectivity index (χ1) is 9.31. The standard InChI is InChI=1S/C16H15NOS/c17-9-13-1-5-15(6-2-13)11-19-12-16-7-3-14(10-18)4-8-16/h1-8,18H,10-12H2. The van der Waals surface area contributed by atoms with Crippen molar-refractivity contribution in [2.24, 2.45) is 0 Å². The molecule has 96 valence electrons. The van der Waals surface area contributed by atoms with E-state index in [9.17, 15) is 0 Å². The molecule has 0 atom stereocenters. The van der Waals surface area contributed by atoms with Crippen molar-refractivity contribution < 1.29 is 5.11 Å². The molecule has 0 saturated heterocycles. The molecule has 19 heavy (non-hydrogen) atoms. The van der Waals surface area contributed by atoms with E-state index >= 15 is 0 Å². The SMILES string of the molecule is N#Cc1ccc(CSCc2ccc(CO)cc2)cc1.